The van der Waals surface area contributed by atoms with Crippen molar-refractivity contribution in [2.75, 3.05) is 37.2 Å². The zero-order chi connectivity index (χ0) is 28.4. The zero-order valence-electron chi connectivity index (χ0n) is 22.6. The average molecular weight is 545 g/mol. The molecule has 3 aromatic carbocycles. The van der Waals surface area contributed by atoms with Gasteiger partial charge < -0.3 is 30.2 Å². The van der Waals surface area contributed by atoms with Crippen LogP contribution in [0.4, 0.5) is 21.6 Å². The maximum atomic E-state index is 13.2. The van der Waals surface area contributed by atoms with Crippen molar-refractivity contribution in [1.29, 1.82) is 0 Å². The first-order chi connectivity index (χ1) is 19.3. The van der Waals surface area contributed by atoms with Gasteiger partial charge in [0.05, 0.1) is 19.7 Å². The van der Waals surface area contributed by atoms with Crippen LogP contribution in [0.3, 0.4) is 0 Å². The maximum Gasteiger partial charge on any atom is 0.240 e. The number of nitrogens with zero attached hydrogens (tertiary/aromatic N) is 1. The molecule has 3 N–H and O–H groups in total. The third-order valence-electron chi connectivity index (χ3n) is 6.91. The molecule has 10 heteroatoms. The summed E-state index contributed by atoms with van der Waals surface area (Å²) in [7, 11) is 4.90. The first-order valence-corrected chi connectivity index (χ1v) is 12.7. The molecule has 0 radical (unpaired) electrons. The molecule has 0 bridgehead atoms. The second-order valence-electron chi connectivity index (χ2n) is 9.56. The van der Waals surface area contributed by atoms with E-state index in [1.807, 2.05) is 13.0 Å². The Balaban J connectivity index is 1.34. The number of rotatable bonds is 9. The minimum Gasteiger partial charge on any atom is -0.493 e. The van der Waals surface area contributed by atoms with Gasteiger partial charge in [-0.05, 0) is 73.9 Å². The quantitative estimate of drug-likeness (QED) is 0.225. The largest absolute Gasteiger partial charge is 0.493 e. The Kier molecular flexibility index (Phi) is 7.17. The molecule has 1 fully saturated rings. The number of amides is 2. The molecule has 5 rings (SSSR count). The third-order valence-corrected chi connectivity index (χ3v) is 6.91. The van der Waals surface area contributed by atoms with Gasteiger partial charge in [0.2, 0.25) is 11.8 Å². The van der Waals surface area contributed by atoms with E-state index in [1.54, 1.807) is 51.6 Å². The fourth-order valence-corrected chi connectivity index (χ4v) is 4.41. The van der Waals surface area contributed by atoms with Crippen LogP contribution in [-0.4, -0.2) is 38.1 Å². The van der Waals surface area contributed by atoms with Crippen molar-refractivity contribution < 1.29 is 28.2 Å². The lowest BCUT2D eigenvalue weighted by atomic mass is 10.0. The second-order valence-corrected chi connectivity index (χ2v) is 9.56. The Labute approximate surface area is 230 Å². The molecule has 9 nitrogen and oxygen atoms in total. The van der Waals surface area contributed by atoms with E-state index in [2.05, 4.69) is 20.9 Å². The van der Waals surface area contributed by atoms with Crippen molar-refractivity contribution in [1.82, 2.24) is 4.98 Å². The van der Waals surface area contributed by atoms with Crippen LogP contribution in [0.2, 0.25) is 0 Å². The fraction of sp³-hybridized carbons (Fsp3) is 0.233. The van der Waals surface area contributed by atoms with Gasteiger partial charge in [-0.25, -0.2) is 9.37 Å². The van der Waals surface area contributed by atoms with E-state index in [-0.39, 0.29) is 5.91 Å². The first-order valence-electron chi connectivity index (χ1n) is 12.7. The number of benzene rings is 3. The normalized spacial score (nSPS) is 13.3. The third kappa shape index (κ3) is 5.20. The van der Waals surface area contributed by atoms with E-state index >= 15 is 0 Å². The molecule has 2 amide bonds. The summed E-state index contributed by atoms with van der Waals surface area (Å²) in [4.78, 5) is 30.6. The summed E-state index contributed by atoms with van der Waals surface area (Å²) in [6.07, 6.45) is 0.867. The Morgan fingerprint density at radius 2 is 1.45 bits per heavy atom. The number of nitrogens with one attached hydrogen (secondary N) is 3. The molecule has 1 heterocycles. The van der Waals surface area contributed by atoms with Crippen LogP contribution in [0.25, 0.3) is 10.9 Å². The summed E-state index contributed by atoms with van der Waals surface area (Å²) >= 11 is 0. The number of ether oxygens (including phenoxy) is 3. The number of pyridine rings is 1. The van der Waals surface area contributed by atoms with Crippen LogP contribution in [0.5, 0.6) is 23.0 Å². The van der Waals surface area contributed by atoms with Crippen molar-refractivity contribution in [3.8, 4) is 23.0 Å². The van der Waals surface area contributed by atoms with Gasteiger partial charge in [-0.15, -0.1) is 0 Å². The number of aryl methyl sites for hydroxylation is 1. The molecule has 1 saturated carbocycles. The van der Waals surface area contributed by atoms with E-state index in [1.165, 1.54) is 24.3 Å². The molecule has 1 aliphatic carbocycles. The monoisotopic (exact) mass is 544 g/mol. The standard InChI is InChI=1S/C30H29FN4O5/c1-17-13-20(34-29(37)30(11-12-30)28(36)33-19-7-5-18(31)6-8-19)9-10-23(17)40-24-16-27(32-2)35-22-15-26(39-4)25(38-3)14-21(22)24/h5-10,13-16H,11-12H2,1-4H3,(H,32,35)(H,33,36)(H,34,37). The van der Waals surface area contributed by atoms with Gasteiger partial charge in [0.1, 0.15) is 28.5 Å². The molecule has 0 unspecified atom stereocenters. The van der Waals surface area contributed by atoms with Gasteiger partial charge in [0.25, 0.3) is 0 Å². The molecule has 0 saturated heterocycles. The Morgan fingerprint density at radius 1 is 0.825 bits per heavy atom. The molecular formula is C30H29FN4O5. The number of fused-ring (bicyclic) bond motifs is 1. The predicted molar refractivity (Wildman–Crippen MR) is 151 cm³/mol. The molecule has 40 heavy (non-hydrogen) atoms. The molecule has 4 aromatic rings. The Bertz CT molecular complexity index is 1600. The van der Waals surface area contributed by atoms with E-state index < -0.39 is 17.1 Å². The number of methoxy groups -OCH3 is 2. The van der Waals surface area contributed by atoms with Crippen LogP contribution in [-0.2, 0) is 9.59 Å². The van der Waals surface area contributed by atoms with Crippen LogP contribution in [0, 0.1) is 18.2 Å². The van der Waals surface area contributed by atoms with E-state index in [4.69, 9.17) is 14.2 Å². The van der Waals surface area contributed by atoms with Gasteiger partial charge >= 0.3 is 0 Å². The minimum absolute atomic E-state index is 0.389. The molecule has 1 aromatic heterocycles. The van der Waals surface area contributed by atoms with Crippen molar-refractivity contribution in [3.05, 3.63) is 72.0 Å². The highest BCUT2D eigenvalue weighted by atomic mass is 19.1. The van der Waals surface area contributed by atoms with Crippen molar-refractivity contribution in [2.24, 2.45) is 5.41 Å². The predicted octanol–water partition coefficient (Wildman–Crippen LogP) is 5.89. The lowest BCUT2D eigenvalue weighted by Gasteiger charge is -2.17. The molecule has 0 aliphatic heterocycles. The van der Waals surface area contributed by atoms with E-state index in [9.17, 15) is 14.0 Å². The van der Waals surface area contributed by atoms with Gasteiger partial charge in [-0.2, -0.15) is 0 Å². The maximum absolute atomic E-state index is 13.2. The number of anilines is 3. The van der Waals surface area contributed by atoms with E-state index in [0.717, 1.165) is 10.9 Å². The molecule has 0 spiro atoms. The van der Waals surface area contributed by atoms with Gasteiger partial charge in [0.15, 0.2) is 11.5 Å². The highest BCUT2D eigenvalue weighted by Gasteiger charge is 2.56. The number of hydrogen-bond donors (Lipinski definition) is 3. The SMILES string of the molecule is CNc1cc(Oc2ccc(NC(=O)C3(C(=O)Nc4ccc(F)cc4)CC3)cc2C)c2cc(OC)c(OC)cc2n1. The van der Waals surface area contributed by atoms with Crippen molar-refractivity contribution >= 4 is 39.9 Å². The summed E-state index contributed by atoms with van der Waals surface area (Å²) < 4.78 is 30.4. The highest BCUT2D eigenvalue weighted by Crippen LogP contribution is 2.48. The van der Waals surface area contributed by atoms with Gasteiger partial charge in [-0.1, -0.05) is 0 Å². The minimum atomic E-state index is -1.16. The lowest BCUT2D eigenvalue weighted by Crippen LogP contribution is -2.35. The first kappa shape index (κ1) is 26.7. The topological polar surface area (TPSA) is 111 Å². The fourth-order valence-electron chi connectivity index (χ4n) is 4.41. The van der Waals surface area contributed by atoms with Crippen LogP contribution < -0.4 is 30.2 Å². The van der Waals surface area contributed by atoms with E-state index in [0.29, 0.717) is 58.5 Å². The summed E-state index contributed by atoms with van der Waals surface area (Å²) in [5.74, 6) is 1.65. The summed E-state index contributed by atoms with van der Waals surface area (Å²) in [6, 6.07) is 16.1. The van der Waals surface area contributed by atoms with Gasteiger partial charge in [-0.3, -0.25) is 9.59 Å². The number of hydrogen-bond acceptors (Lipinski definition) is 7. The Morgan fingerprint density at radius 3 is 2.05 bits per heavy atom. The molecule has 0 atom stereocenters. The van der Waals surface area contributed by atoms with Crippen molar-refractivity contribution in [2.45, 2.75) is 19.8 Å². The zero-order valence-corrected chi connectivity index (χ0v) is 22.6. The summed E-state index contributed by atoms with van der Waals surface area (Å²) in [6.45, 7) is 1.87. The van der Waals surface area contributed by atoms with Crippen LogP contribution in [0.15, 0.2) is 60.7 Å². The lowest BCUT2D eigenvalue weighted by molar-refractivity contribution is -0.131. The number of aromatic nitrogens is 1. The Hall–Kier alpha value is -4.86. The van der Waals surface area contributed by atoms with Gasteiger partial charge in [0, 0.05) is 35.9 Å². The van der Waals surface area contributed by atoms with Crippen LogP contribution in [0.1, 0.15) is 18.4 Å². The number of halogens is 1. The second kappa shape index (κ2) is 10.7. The summed E-state index contributed by atoms with van der Waals surface area (Å²) in [5.41, 5.74) is 1.25. The van der Waals surface area contributed by atoms with Crippen molar-refractivity contribution in [3.63, 3.8) is 0 Å². The van der Waals surface area contributed by atoms with Crippen LogP contribution >= 0.6 is 0 Å². The molecular weight excluding hydrogens is 515 g/mol. The summed E-state index contributed by atoms with van der Waals surface area (Å²) in [5, 5.41) is 9.35. The molecule has 206 valence electrons. The number of carbonyl (C=O) groups excluding carboxylic acids is 2. The smallest absolute Gasteiger partial charge is 0.240 e. The highest BCUT2D eigenvalue weighted by molar-refractivity contribution is 6.17. The average Bonchev–Trinajstić information content (AvgIpc) is 3.77. The molecule has 1 aliphatic rings. The number of carbonyl (C=O) groups is 2.